The molecular formula is C18H16N4O5. The van der Waals surface area contributed by atoms with Gasteiger partial charge in [-0.2, -0.15) is 5.10 Å². The lowest BCUT2D eigenvalue weighted by atomic mass is 10.1. The number of ether oxygens (including phenoxy) is 2. The number of rotatable bonds is 4. The normalized spacial score (nSPS) is 10.3. The summed E-state index contributed by atoms with van der Waals surface area (Å²) >= 11 is 0. The maximum atomic E-state index is 12.4. The Morgan fingerprint density at radius 3 is 2.37 bits per heavy atom. The summed E-state index contributed by atoms with van der Waals surface area (Å²) in [6, 6.07) is 11.2. The molecule has 0 saturated heterocycles. The molecule has 1 heterocycles. The fourth-order valence-electron chi connectivity index (χ4n) is 2.52. The van der Waals surface area contributed by atoms with E-state index >= 15 is 0 Å². The molecule has 1 aromatic heterocycles. The zero-order chi connectivity index (χ0) is 19.4. The number of nitrogens with zero attached hydrogens (tertiary/aromatic N) is 1. The summed E-state index contributed by atoms with van der Waals surface area (Å²) in [5.74, 6) is -0.513. The van der Waals surface area contributed by atoms with E-state index in [0.717, 1.165) is 0 Å². The molecule has 0 radical (unpaired) electrons. The maximum Gasteiger partial charge on any atom is 0.290 e. The summed E-state index contributed by atoms with van der Waals surface area (Å²) in [6.07, 6.45) is 0. The Morgan fingerprint density at radius 1 is 0.963 bits per heavy atom. The third-order valence-electron chi connectivity index (χ3n) is 3.85. The number of H-pyrrole nitrogens is 1. The zero-order valence-corrected chi connectivity index (χ0v) is 14.5. The molecule has 0 atom stereocenters. The smallest absolute Gasteiger partial charge is 0.290 e. The molecule has 0 aliphatic rings. The van der Waals surface area contributed by atoms with Crippen LogP contribution in [-0.4, -0.2) is 36.2 Å². The van der Waals surface area contributed by atoms with Gasteiger partial charge in [-0.1, -0.05) is 18.2 Å². The van der Waals surface area contributed by atoms with E-state index in [2.05, 4.69) is 21.0 Å². The summed E-state index contributed by atoms with van der Waals surface area (Å²) in [4.78, 5) is 36.6. The number of aromatic amines is 1. The minimum absolute atomic E-state index is 0.0249. The number of hydrazine groups is 1. The van der Waals surface area contributed by atoms with Crippen LogP contribution in [0.4, 0.5) is 0 Å². The van der Waals surface area contributed by atoms with Crippen LogP contribution in [0.25, 0.3) is 10.8 Å². The first-order valence-electron chi connectivity index (χ1n) is 7.85. The SMILES string of the molecule is COc1ccc(OC)c(C(=O)NNC(=O)c2n[nH]c(=O)c3ccccc23)c1. The van der Waals surface area contributed by atoms with Crippen LogP contribution in [0, 0.1) is 0 Å². The molecule has 9 heteroatoms. The van der Waals surface area contributed by atoms with Crippen LogP contribution >= 0.6 is 0 Å². The van der Waals surface area contributed by atoms with E-state index in [4.69, 9.17) is 9.47 Å². The molecule has 0 aliphatic heterocycles. The standard InChI is InChI=1S/C18H16N4O5/c1-26-10-7-8-14(27-2)13(9-10)17(24)21-22-18(25)15-11-5-3-4-6-12(11)16(23)20-19-15/h3-9H,1-2H3,(H,20,23)(H,21,24)(H,22,25). The third kappa shape index (κ3) is 3.56. The predicted octanol–water partition coefficient (Wildman–Crippen LogP) is 1.02. The molecule has 0 saturated carbocycles. The summed E-state index contributed by atoms with van der Waals surface area (Å²) < 4.78 is 10.2. The number of nitrogens with one attached hydrogen (secondary N) is 3. The van der Waals surface area contributed by atoms with Crippen molar-refractivity contribution in [1.29, 1.82) is 0 Å². The average molecular weight is 368 g/mol. The van der Waals surface area contributed by atoms with Crippen molar-refractivity contribution in [1.82, 2.24) is 21.0 Å². The second-order valence-electron chi connectivity index (χ2n) is 5.42. The first-order chi connectivity index (χ1) is 13.0. The number of aromatic nitrogens is 2. The minimum Gasteiger partial charge on any atom is -0.497 e. The number of fused-ring (bicyclic) bond motifs is 1. The molecule has 0 unspecified atom stereocenters. The van der Waals surface area contributed by atoms with Gasteiger partial charge in [-0.05, 0) is 24.3 Å². The molecule has 2 aromatic carbocycles. The summed E-state index contributed by atoms with van der Waals surface area (Å²) in [6.45, 7) is 0. The van der Waals surface area contributed by atoms with E-state index in [0.29, 0.717) is 22.3 Å². The summed E-state index contributed by atoms with van der Waals surface area (Å²) in [7, 11) is 2.89. The molecule has 0 aliphatic carbocycles. The highest BCUT2D eigenvalue weighted by molar-refractivity contribution is 6.06. The van der Waals surface area contributed by atoms with Gasteiger partial charge < -0.3 is 9.47 Å². The minimum atomic E-state index is -0.683. The second-order valence-corrected chi connectivity index (χ2v) is 5.42. The van der Waals surface area contributed by atoms with Crippen LogP contribution in [0.2, 0.25) is 0 Å². The van der Waals surface area contributed by atoms with Crippen molar-refractivity contribution in [3.63, 3.8) is 0 Å². The molecule has 0 bridgehead atoms. The largest absolute Gasteiger partial charge is 0.497 e. The Balaban J connectivity index is 1.82. The molecular weight excluding hydrogens is 352 g/mol. The molecule has 3 N–H and O–H groups in total. The van der Waals surface area contributed by atoms with E-state index in [9.17, 15) is 14.4 Å². The van der Waals surface area contributed by atoms with E-state index in [-0.39, 0.29) is 11.3 Å². The Morgan fingerprint density at radius 2 is 1.67 bits per heavy atom. The van der Waals surface area contributed by atoms with E-state index in [1.807, 2.05) is 0 Å². The van der Waals surface area contributed by atoms with Gasteiger partial charge in [-0.25, -0.2) is 5.10 Å². The molecule has 3 rings (SSSR count). The Labute approximate surface area is 153 Å². The highest BCUT2D eigenvalue weighted by Crippen LogP contribution is 2.23. The van der Waals surface area contributed by atoms with Gasteiger partial charge >= 0.3 is 0 Å². The van der Waals surface area contributed by atoms with Gasteiger partial charge in [0.15, 0.2) is 5.69 Å². The van der Waals surface area contributed by atoms with Crippen LogP contribution in [0.15, 0.2) is 47.3 Å². The molecule has 2 amide bonds. The fourth-order valence-corrected chi connectivity index (χ4v) is 2.52. The monoisotopic (exact) mass is 368 g/mol. The number of methoxy groups -OCH3 is 2. The average Bonchev–Trinajstić information content (AvgIpc) is 2.71. The Kier molecular flexibility index (Phi) is 5.02. The van der Waals surface area contributed by atoms with Crippen LogP contribution in [0.1, 0.15) is 20.8 Å². The van der Waals surface area contributed by atoms with E-state index in [1.54, 1.807) is 36.4 Å². The predicted molar refractivity (Wildman–Crippen MR) is 96.8 cm³/mol. The summed E-state index contributed by atoms with van der Waals surface area (Å²) in [5, 5.41) is 6.72. The fraction of sp³-hybridized carbons (Fsp3) is 0.111. The van der Waals surface area contributed by atoms with Crippen molar-refractivity contribution < 1.29 is 19.1 Å². The van der Waals surface area contributed by atoms with Crippen molar-refractivity contribution in [2.24, 2.45) is 0 Å². The third-order valence-corrected chi connectivity index (χ3v) is 3.85. The first-order valence-corrected chi connectivity index (χ1v) is 7.85. The molecule has 0 fully saturated rings. The summed E-state index contributed by atoms with van der Waals surface area (Å²) in [5.41, 5.74) is 4.32. The van der Waals surface area contributed by atoms with Crippen molar-refractivity contribution in [2.45, 2.75) is 0 Å². The highest BCUT2D eigenvalue weighted by atomic mass is 16.5. The molecule has 27 heavy (non-hydrogen) atoms. The molecule has 9 nitrogen and oxygen atoms in total. The van der Waals surface area contributed by atoms with E-state index < -0.39 is 17.4 Å². The lowest BCUT2D eigenvalue weighted by molar-refractivity contribution is 0.0842. The Hall–Kier alpha value is -3.88. The van der Waals surface area contributed by atoms with Gasteiger partial charge in [-0.3, -0.25) is 25.2 Å². The maximum absolute atomic E-state index is 12.4. The number of amides is 2. The van der Waals surface area contributed by atoms with Crippen LogP contribution in [0.3, 0.4) is 0 Å². The zero-order valence-electron chi connectivity index (χ0n) is 14.5. The highest BCUT2D eigenvalue weighted by Gasteiger charge is 2.17. The van der Waals surface area contributed by atoms with Crippen LogP contribution in [0.5, 0.6) is 11.5 Å². The number of hydrogen-bond donors (Lipinski definition) is 3. The van der Waals surface area contributed by atoms with Crippen molar-refractivity contribution in [2.75, 3.05) is 14.2 Å². The Bertz CT molecular complexity index is 1080. The van der Waals surface area contributed by atoms with Crippen molar-refractivity contribution in [3.8, 4) is 11.5 Å². The second kappa shape index (κ2) is 7.56. The van der Waals surface area contributed by atoms with Crippen molar-refractivity contribution in [3.05, 3.63) is 64.1 Å². The van der Waals surface area contributed by atoms with Gasteiger partial charge in [0.05, 0.1) is 25.2 Å². The van der Waals surface area contributed by atoms with Gasteiger partial charge in [0.25, 0.3) is 17.4 Å². The topological polar surface area (TPSA) is 122 Å². The number of carbonyl (C=O) groups is 2. The number of hydrogen-bond acceptors (Lipinski definition) is 6. The molecule has 138 valence electrons. The van der Waals surface area contributed by atoms with Gasteiger partial charge in [0, 0.05) is 5.39 Å². The van der Waals surface area contributed by atoms with E-state index in [1.165, 1.54) is 20.3 Å². The van der Waals surface area contributed by atoms with Crippen LogP contribution < -0.4 is 25.9 Å². The number of carbonyl (C=O) groups excluding carboxylic acids is 2. The number of benzene rings is 2. The first kappa shape index (κ1) is 17.9. The van der Waals surface area contributed by atoms with Gasteiger partial charge in [0.2, 0.25) is 0 Å². The van der Waals surface area contributed by atoms with Crippen LogP contribution in [-0.2, 0) is 0 Å². The lowest BCUT2D eigenvalue weighted by Crippen LogP contribution is -2.42. The molecule has 0 spiro atoms. The lowest BCUT2D eigenvalue weighted by Gasteiger charge is -2.12. The quantitative estimate of drug-likeness (QED) is 0.591. The van der Waals surface area contributed by atoms with Crippen molar-refractivity contribution >= 4 is 22.6 Å². The molecule has 3 aromatic rings. The van der Waals surface area contributed by atoms with Gasteiger partial charge in [0.1, 0.15) is 11.5 Å². The van der Waals surface area contributed by atoms with Gasteiger partial charge in [-0.15, -0.1) is 0 Å².